The second kappa shape index (κ2) is 4.60. The quantitative estimate of drug-likeness (QED) is 0.646. The molecule has 88 valence electrons. The van der Waals surface area contributed by atoms with E-state index in [4.69, 9.17) is 35.4 Å². The smallest absolute Gasteiger partial charge is 0.251 e. The number of hydrogen-bond donors (Lipinski definition) is 1. The topological polar surface area (TPSA) is 37.8 Å². The van der Waals surface area contributed by atoms with E-state index >= 15 is 0 Å². The molecule has 1 heterocycles. The lowest BCUT2D eigenvalue weighted by molar-refractivity contribution is 0.628. The molecule has 1 aromatic heterocycles. The molecule has 0 bridgehead atoms. The van der Waals surface area contributed by atoms with Gasteiger partial charge in [0.2, 0.25) is 0 Å². The number of nitrogens with one attached hydrogen (secondary N) is 1. The molecule has 1 aromatic carbocycles. The Kier molecular flexibility index (Phi) is 3.33. The minimum absolute atomic E-state index is 0.111. The largest absolute Gasteiger partial charge is 0.299 e. The van der Waals surface area contributed by atoms with Gasteiger partial charge >= 0.3 is 0 Å². The zero-order valence-electron chi connectivity index (χ0n) is 8.21. The van der Waals surface area contributed by atoms with Gasteiger partial charge in [-0.3, -0.25) is 14.3 Å². The van der Waals surface area contributed by atoms with Crippen molar-refractivity contribution in [3.63, 3.8) is 0 Å². The van der Waals surface area contributed by atoms with Gasteiger partial charge in [0, 0.05) is 12.3 Å². The van der Waals surface area contributed by atoms with E-state index in [0.29, 0.717) is 5.69 Å². The molecule has 2 rings (SSSR count). The van der Waals surface area contributed by atoms with Gasteiger partial charge in [-0.25, -0.2) is 4.39 Å². The third-order valence-corrected chi connectivity index (χ3v) is 2.92. The fourth-order valence-electron chi connectivity index (χ4n) is 1.30. The van der Waals surface area contributed by atoms with Crippen LogP contribution < -0.4 is 5.56 Å². The molecule has 0 saturated heterocycles. The van der Waals surface area contributed by atoms with Crippen LogP contribution in [0.2, 0.25) is 10.0 Å². The van der Waals surface area contributed by atoms with Crippen molar-refractivity contribution >= 4 is 35.4 Å². The van der Waals surface area contributed by atoms with Gasteiger partial charge in [0.1, 0.15) is 0 Å². The number of aromatic nitrogens is 2. The Morgan fingerprint density at radius 1 is 1.29 bits per heavy atom. The second-order valence-electron chi connectivity index (χ2n) is 3.20. The van der Waals surface area contributed by atoms with Crippen LogP contribution in [-0.2, 0) is 0 Å². The van der Waals surface area contributed by atoms with Crippen molar-refractivity contribution in [2.24, 2.45) is 0 Å². The lowest BCUT2D eigenvalue weighted by Gasteiger charge is -2.08. The fourth-order valence-corrected chi connectivity index (χ4v) is 2.04. The zero-order chi connectivity index (χ0) is 12.6. The maximum Gasteiger partial charge on any atom is 0.251 e. The van der Waals surface area contributed by atoms with Gasteiger partial charge in [0.05, 0.1) is 15.7 Å². The Morgan fingerprint density at radius 3 is 2.41 bits per heavy atom. The van der Waals surface area contributed by atoms with Crippen molar-refractivity contribution in [2.75, 3.05) is 0 Å². The first-order valence-electron chi connectivity index (χ1n) is 4.46. The minimum atomic E-state index is -0.687. The van der Waals surface area contributed by atoms with E-state index in [2.05, 4.69) is 4.98 Å². The van der Waals surface area contributed by atoms with E-state index in [1.807, 2.05) is 0 Å². The number of nitrogens with zero attached hydrogens (tertiary/aromatic N) is 1. The molecule has 0 aliphatic carbocycles. The summed E-state index contributed by atoms with van der Waals surface area (Å²) in [6, 6.07) is 4.04. The molecule has 0 unspecified atom stereocenters. The predicted molar refractivity (Wildman–Crippen MR) is 67.2 cm³/mol. The molecule has 7 heteroatoms. The van der Waals surface area contributed by atoms with Crippen molar-refractivity contribution < 1.29 is 4.39 Å². The Labute approximate surface area is 110 Å². The summed E-state index contributed by atoms with van der Waals surface area (Å²) in [5, 5.41) is -0.221. The van der Waals surface area contributed by atoms with Crippen LogP contribution in [0.1, 0.15) is 0 Å². The summed E-state index contributed by atoms with van der Waals surface area (Å²) in [7, 11) is 0. The standard InChI is InChI=1S/C10H5Cl2FN2OS/c11-6-3-5(4-7(12)9(6)13)15-2-1-8(16)14-10(15)17/h1-4H,(H,14,16,17). The van der Waals surface area contributed by atoms with Crippen LogP contribution in [0.5, 0.6) is 0 Å². The molecule has 0 amide bonds. The average Bonchev–Trinajstić information content (AvgIpc) is 2.25. The maximum absolute atomic E-state index is 13.2. The fraction of sp³-hybridized carbons (Fsp3) is 0. The maximum atomic E-state index is 13.2. The van der Waals surface area contributed by atoms with Crippen LogP contribution in [0.15, 0.2) is 29.2 Å². The molecule has 3 nitrogen and oxygen atoms in total. The third-order valence-electron chi connectivity index (χ3n) is 2.07. The van der Waals surface area contributed by atoms with Crippen molar-refractivity contribution in [1.82, 2.24) is 9.55 Å². The normalized spacial score (nSPS) is 10.5. The first kappa shape index (κ1) is 12.3. The van der Waals surface area contributed by atoms with Gasteiger partial charge in [-0.05, 0) is 24.4 Å². The highest BCUT2D eigenvalue weighted by atomic mass is 35.5. The highest BCUT2D eigenvalue weighted by Crippen LogP contribution is 2.26. The van der Waals surface area contributed by atoms with E-state index in [1.54, 1.807) is 0 Å². The molecule has 17 heavy (non-hydrogen) atoms. The van der Waals surface area contributed by atoms with Crippen molar-refractivity contribution in [2.45, 2.75) is 0 Å². The van der Waals surface area contributed by atoms with Crippen molar-refractivity contribution in [1.29, 1.82) is 0 Å². The monoisotopic (exact) mass is 290 g/mol. The van der Waals surface area contributed by atoms with Crippen LogP contribution in [0.25, 0.3) is 5.69 Å². The first-order valence-corrected chi connectivity index (χ1v) is 5.62. The molecule has 0 aliphatic rings. The van der Waals surface area contributed by atoms with E-state index in [1.165, 1.54) is 29.0 Å². The number of halogens is 3. The molecule has 1 N–H and O–H groups in total. The molecule has 0 spiro atoms. The summed E-state index contributed by atoms with van der Waals surface area (Å²) in [5.41, 5.74) is 0.160. The summed E-state index contributed by atoms with van der Waals surface area (Å²) in [4.78, 5) is 13.4. The van der Waals surface area contributed by atoms with Gasteiger partial charge < -0.3 is 0 Å². The number of rotatable bonds is 1. The molecule has 0 atom stereocenters. The highest BCUT2D eigenvalue weighted by Gasteiger charge is 2.08. The Morgan fingerprint density at radius 2 is 1.88 bits per heavy atom. The van der Waals surface area contributed by atoms with Crippen LogP contribution in [-0.4, -0.2) is 9.55 Å². The summed E-state index contributed by atoms with van der Waals surface area (Å²) in [6.07, 6.45) is 1.46. The van der Waals surface area contributed by atoms with Gasteiger partial charge in [-0.1, -0.05) is 23.2 Å². The van der Waals surface area contributed by atoms with Gasteiger partial charge in [-0.2, -0.15) is 0 Å². The predicted octanol–water partition coefficient (Wildman–Crippen LogP) is 3.34. The second-order valence-corrected chi connectivity index (χ2v) is 4.40. The van der Waals surface area contributed by atoms with Crippen LogP contribution >= 0.6 is 35.4 Å². The number of aromatic amines is 1. The van der Waals surface area contributed by atoms with Crippen molar-refractivity contribution in [3.8, 4) is 5.69 Å². The molecular formula is C10H5Cl2FN2OS. The summed E-state index contributed by atoms with van der Waals surface area (Å²) < 4.78 is 14.9. The van der Waals surface area contributed by atoms with E-state index in [-0.39, 0.29) is 20.4 Å². The van der Waals surface area contributed by atoms with E-state index in [9.17, 15) is 9.18 Å². The van der Waals surface area contributed by atoms with Crippen LogP contribution in [0.3, 0.4) is 0 Å². The zero-order valence-corrected chi connectivity index (χ0v) is 10.5. The summed E-state index contributed by atoms with van der Waals surface area (Å²) >= 11 is 16.3. The average molecular weight is 291 g/mol. The summed E-state index contributed by atoms with van der Waals surface area (Å²) in [6.45, 7) is 0. The number of hydrogen-bond acceptors (Lipinski definition) is 2. The van der Waals surface area contributed by atoms with Crippen molar-refractivity contribution in [3.05, 3.63) is 55.4 Å². The highest BCUT2D eigenvalue weighted by molar-refractivity contribution is 7.71. The molecule has 2 aromatic rings. The summed E-state index contributed by atoms with van der Waals surface area (Å²) in [5.74, 6) is -0.687. The number of H-pyrrole nitrogens is 1. The minimum Gasteiger partial charge on any atom is -0.299 e. The van der Waals surface area contributed by atoms with Gasteiger partial charge in [-0.15, -0.1) is 0 Å². The Bertz CT molecular complexity index is 672. The molecule has 0 aliphatic heterocycles. The van der Waals surface area contributed by atoms with Crippen LogP contribution in [0, 0.1) is 10.6 Å². The SMILES string of the molecule is O=c1ccn(-c2cc(Cl)c(F)c(Cl)c2)c(=S)[nH]1. The van der Waals surface area contributed by atoms with Gasteiger partial charge in [0.25, 0.3) is 5.56 Å². The van der Waals surface area contributed by atoms with E-state index in [0.717, 1.165) is 0 Å². The molecular weight excluding hydrogens is 286 g/mol. The van der Waals surface area contributed by atoms with E-state index < -0.39 is 5.82 Å². The van der Waals surface area contributed by atoms with Gasteiger partial charge in [0.15, 0.2) is 10.6 Å². The molecule has 0 saturated carbocycles. The first-order chi connectivity index (χ1) is 7.99. The lowest BCUT2D eigenvalue weighted by Crippen LogP contribution is -2.09. The Hall–Kier alpha value is -1.17. The Balaban J connectivity index is 2.69. The third kappa shape index (κ3) is 2.41. The number of benzene rings is 1. The lowest BCUT2D eigenvalue weighted by atomic mass is 10.3. The van der Waals surface area contributed by atoms with Crippen LogP contribution in [0.4, 0.5) is 4.39 Å². The molecule has 0 fully saturated rings. The molecule has 0 radical (unpaired) electrons.